The van der Waals surface area contributed by atoms with Gasteiger partial charge >= 0.3 is 6.18 Å². The van der Waals surface area contributed by atoms with E-state index in [-0.39, 0.29) is 28.7 Å². The highest BCUT2D eigenvalue weighted by Gasteiger charge is 2.34. The topological polar surface area (TPSA) is 77.8 Å². The molecule has 0 fully saturated rings. The molecular formula is C20H13F3N4O. The van der Waals surface area contributed by atoms with Gasteiger partial charge in [-0.25, -0.2) is 4.98 Å². The monoisotopic (exact) mass is 382 g/mol. The first-order valence-corrected chi connectivity index (χ1v) is 8.24. The molecule has 0 amide bonds. The molecule has 4 aromatic rings. The molecule has 0 saturated carbocycles. The van der Waals surface area contributed by atoms with Crippen LogP contribution < -0.4 is 5.73 Å². The van der Waals surface area contributed by atoms with E-state index in [1.165, 1.54) is 18.3 Å². The van der Waals surface area contributed by atoms with Gasteiger partial charge in [0.1, 0.15) is 5.82 Å². The summed E-state index contributed by atoms with van der Waals surface area (Å²) in [7, 11) is 0. The molecule has 28 heavy (non-hydrogen) atoms. The Morgan fingerprint density at radius 1 is 0.857 bits per heavy atom. The number of hydrogen-bond acceptors (Lipinski definition) is 5. The molecule has 0 radical (unpaired) electrons. The molecule has 8 heteroatoms. The quantitative estimate of drug-likeness (QED) is 0.535. The van der Waals surface area contributed by atoms with Crippen LogP contribution in [0.25, 0.3) is 34.0 Å². The molecule has 2 aromatic heterocycles. The lowest BCUT2D eigenvalue weighted by Crippen LogP contribution is -2.07. The van der Waals surface area contributed by atoms with Crippen molar-refractivity contribution in [3.8, 4) is 34.0 Å². The number of halogens is 3. The minimum Gasteiger partial charge on any atom is -0.384 e. The largest absolute Gasteiger partial charge is 0.417 e. The van der Waals surface area contributed by atoms with E-state index in [0.29, 0.717) is 11.1 Å². The number of pyridine rings is 1. The summed E-state index contributed by atoms with van der Waals surface area (Å²) in [5.74, 6) is 0.468. The molecule has 2 heterocycles. The number of nitrogens with zero attached hydrogens (tertiary/aromatic N) is 3. The van der Waals surface area contributed by atoms with Crippen molar-refractivity contribution >= 4 is 5.82 Å². The number of alkyl halides is 3. The second kappa shape index (κ2) is 6.80. The van der Waals surface area contributed by atoms with Crippen LogP contribution in [0.4, 0.5) is 19.0 Å². The first kappa shape index (κ1) is 17.7. The zero-order valence-electron chi connectivity index (χ0n) is 14.3. The van der Waals surface area contributed by atoms with Gasteiger partial charge in [-0.1, -0.05) is 41.6 Å². The highest BCUT2D eigenvalue weighted by Crippen LogP contribution is 2.39. The molecule has 2 aromatic carbocycles. The Hall–Kier alpha value is -3.68. The number of nitrogen functional groups attached to an aromatic ring is 1. The fraction of sp³-hybridized carbons (Fsp3) is 0.0500. The van der Waals surface area contributed by atoms with E-state index in [0.717, 1.165) is 6.07 Å². The summed E-state index contributed by atoms with van der Waals surface area (Å²) >= 11 is 0. The molecule has 0 bridgehead atoms. The van der Waals surface area contributed by atoms with Crippen molar-refractivity contribution in [3.63, 3.8) is 0 Å². The normalized spacial score (nSPS) is 11.5. The van der Waals surface area contributed by atoms with Crippen molar-refractivity contribution in [1.82, 2.24) is 15.1 Å². The van der Waals surface area contributed by atoms with Gasteiger partial charge in [0.25, 0.3) is 5.89 Å². The summed E-state index contributed by atoms with van der Waals surface area (Å²) < 4.78 is 46.1. The van der Waals surface area contributed by atoms with Crippen molar-refractivity contribution in [2.45, 2.75) is 6.18 Å². The summed E-state index contributed by atoms with van der Waals surface area (Å²) in [6, 6.07) is 15.5. The molecule has 0 spiro atoms. The summed E-state index contributed by atoms with van der Waals surface area (Å²) in [5, 5.41) is 3.83. The second-order valence-electron chi connectivity index (χ2n) is 6.02. The van der Waals surface area contributed by atoms with Crippen molar-refractivity contribution in [2.75, 3.05) is 5.73 Å². The highest BCUT2D eigenvalue weighted by molar-refractivity contribution is 5.72. The van der Waals surface area contributed by atoms with E-state index in [2.05, 4.69) is 15.1 Å². The van der Waals surface area contributed by atoms with E-state index in [1.807, 2.05) is 0 Å². The van der Waals surface area contributed by atoms with Gasteiger partial charge in [-0.05, 0) is 35.4 Å². The van der Waals surface area contributed by atoms with Crippen molar-refractivity contribution in [2.24, 2.45) is 0 Å². The Bertz CT molecular complexity index is 1120. The van der Waals surface area contributed by atoms with Crippen LogP contribution >= 0.6 is 0 Å². The highest BCUT2D eigenvalue weighted by atomic mass is 19.4. The van der Waals surface area contributed by atoms with Crippen LogP contribution in [-0.4, -0.2) is 15.1 Å². The average Bonchev–Trinajstić information content (AvgIpc) is 3.18. The van der Waals surface area contributed by atoms with E-state index in [4.69, 9.17) is 10.3 Å². The Labute approximate surface area is 157 Å². The molecule has 2 N–H and O–H groups in total. The molecule has 0 aliphatic carbocycles. The number of rotatable bonds is 3. The smallest absolute Gasteiger partial charge is 0.384 e. The van der Waals surface area contributed by atoms with E-state index < -0.39 is 11.7 Å². The van der Waals surface area contributed by atoms with Crippen LogP contribution in [0.5, 0.6) is 0 Å². The first-order chi connectivity index (χ1) is 13.4. The van der Waals surface area contributed by atoms with Gasteiger partial charge in [0.05, 0.1) is 5.56 Å². The second-order valence-corrected chi connectivity index (χ2v) is 6.02. The summed E-state index contributed by atoms with van der Waals surface area (Å²) in [6.45, 7) is 0. The lowest BCUT2D eigenvalue weighted by atomic mass is 9.97. The molecule has 5 nitrogen and oxygen atoms in total. The molecule has 140 valence electrons. The third kappa shape index (κ3) is 3.44. The predicted molar refractivity (Wildman–Crippen MR) is 97.8 cm³/mol. The molecular weight excluding hydrogens is 369 g/mol. The lowest BCUT2D eigenvalue weighted by Gasteiger charge is -2.14. The predicted octanol–water partition coefficient (Wildman–Crippen LogP) is 5.07. The molecule has 0 aliphatic heterocycles. The third-order valence-electron chi connectivity index (χ3n) is 4.12. The van der Waals surface area contributed by atoms with E-state index >= 15 is 0 Å². The zero-order chi connectivity index (χ0) is 19.7. The van der Waals surface area contributed by atoms with Crippen LogP contribution in [0.1, 0.15) is 5.56 Å². The fourth-order valence-corrected chi connectivity index (χ4v) is 2.83. The van der Waals surface area contributed by atoms with Crippen molar-refractivity contribution in [1.29, 1.82) is 0 Å². The number of anilines is 1. The van der Waals surface area contributed by atoms with Crippen molar-refractivity contribution in [3.05, 3.63) is 72.4 Å². The Morgan fingerprint density at radius 3 is 2.36 bits per heavy atom. The first-order valence-electron chi connectivity index (χ1n) is 8.24. The Kier molecular flexibility index (Phi) is 4.31. The van der Waals surface area contributed by atoms with Gasteiger partial charge in [-0.15, -0.1) is 0 Å². The van der Waals surface area contributed by atoms with Crippen LogP contribution in [0.15, 0.2) is 71.4 Å². The van der Waals surface area contributed by atoms with Crippen LogP contribution in [0.3, 0.4) is 0 Å². The molecule has 0 saturated heterocycles. The van der Waals surface area contributed by atoms with Crippen LogP contribution in [-0.2, 0) is 6.18 Å². The van der Waals surface area contributed by atoms with Crippen LogP contribution in [0, 0.1) is 0 Å². The maximum atomic E-state index is 13.7. The summed E-state index contributed by atoms with van der Waals surface area (Å²) in [5.41, 5.74) is 6.14. The van der Waals surface area contributed by atoms with Gasteiger partial charge < -0.3 is 10.3 Å². The third-order valence-corrected chi connectivity index (χ3v) is 4.12. The number of hydrogen-bond donors (Lipinski definition) is 1. The van der Waals surface area contributed by atoms with Crippen molar-refractivity contribution < 1.29 is 17.7 Å². The summed E-state index contributed by atoms with van der Waals surface area (Å²) in [4.78, 5) is 8.06. The fourth-order valence-electron chi connectivity index (χ4n) is 2.83. The van der Waals surface area contributed by atoms with Gasteiger partial charge in [-0.2, -0.15) is 18.2 Å². The minimum absolute atomic E-state index is 0.0181. The minimum atomic E-state index is -4.54. The van der Waals surface area contributed by atoms with Gasteiger partial charge in [-0.3, -0.25) is 0 Å². The zero-order valence-corrected chi connectivity index (χ0v) is 14.3. The Balaban J connectivity index is 1.77. The van der Waals surface area contributed by atoms with Gasteiger partial charge in [0.15, 0.2) is 0 Å². The maximum absolute atomic E-state index is 13.7. The van der Waals surface area contributed by atoms with Gasteiger partial charge in [0.2, 0.25) is 5.82 Å². The van der Waals surface area contributed by atoms with E-state index in [9.17, 15) is 13.2 Å². The molecule has 4 rings (SSSR count). The van der Waals surface area contributed by atoms with Crippen LogP contribution in [0.2, 0.25) is 0 Å². The average molecular weight is 382 g/mol. The molecule has 0 atom stereocenters. The maximum Gasteiger partial charge on any atom is 0.417 e. The standard InChI is InChI=1S/C20H13F3N4O/c21-20(22,23)16-10-14(6-7-15(16)12-4-2-1-3-5-12)19-26-18(27-28-19)13-8-9-25-17(24)11-13/h1-11H,(H2,24,25). The summed E-state index contributed by atoms with van der Waals surface area (Å²) in [6.07, 6.45) is -3.05. The number of aromatic nitrogens is 3. The van der Waals surface area contributed by atoms with E-state index in [1.54, 1.807) is 42.5 Å². The number of nitrogens with two attached hydrogens (primary N) is 1. The lowest BCUT2D eigenvalue weighted by molar-refractivity contribution is -0.137. The SMILES string of the molecule is Nc1cc(-c2noc(-c3ccc(-c4ccccc4)c(C(F)(F)F)c3)n2)ccn1. The Morgan fingerprint density at radius 2 is 1.64 bits per heavy atom. The molecule has 0 aliphatic rings. The number of benzene rings is 2. The molecule has 0 unspecified atom stereocenters. The van der Waals surface area contributed by atoms with Gasteiger partial charge in [0, 0.05) is 17.3 Å².